The van der Waals surface area contributed by atoms with Crippen LogP contribution < -0.4 is 5.14 Å². The van der Waals surface area contributed by atoms with Gasteiger partial charge in [-0.15, -0.1) is 11.8 Å². The van der Waals surface area contributed by atoms with Crippen LogP contribution in [0.15, 0.2) is 82.6 Å². The van der Waals surface area contributed by atoms with Gasteiger partial charge < -0.3 is 5.11 Å². The number of carboxylic acid groups (broad SMARTS) is 1. The normalized spacial score (nSPS) is 11.3. The molecule has 0 fully saturated rings. The molecule has 0 saturated heterocycles. The second-order valence-electron chi connectivity index (χ2n) is 5.84. The van der Waals surface area contributed by atoms with Crippen molar-refractivity contribution >= 4 is 27.8 Å². The number of hydrogen-bond donors (Lipinski definition) is 2. The van der Waals surface area contributed by atoms with E-state index in [1.807, 2.05) is 36.4 Å². The van der Waals surface area contributed by atoms with Crippen molar-refractivity contribution in [3.63, 3.8) is 0 Å². The third-order valence-corrected chi connectivity index (χ3v) is 5.96. The molecule has 0 aromatic heterocycles. The van der Waals surface area contributed by atoms with E-state index in [-0.39, 0.29) is 10.5 Å². The first-order valence-corrected chi connectivity index (χ1v) is 10.6. The van der Waals surface area contributed by atoms with E-state index in [0.29, 0.717) is 21.8 Å². The van der Waals surface area contributed by atoms with E-state index in [1.165, 1.54) is 17.8 Å². The van der Waals surface area contributed by atoms with Crippen LogP contribution in [0.25, 0.3) is 11.1 Å². The van der Waals surface area contributed by atoms with Gasteiger partial charge in [-0.3, -0.25) is 0 Å². The van der Waals surface area contributed by atoms with Crippen molar-refractivity contribution in [1.82, 2.24) is 0 Å². The van der Waals surface area contributed by atoms with Crippen molar-refractivity contribution < 1.29 is 18.3 Å². The Hall–Kier alpha value is -2.61. The summed E-state index contributed by atoms with van der Waals surface area (Å²) in [5.74, 6) is -0.644. The van der Waals surface area contributed by atoms with Crippen molar-refractivity contribution in [2.24, 2.45) is 5.14 Å². The lowest BCUT2D eigenvalue weighted by atomic mass is 10.0. The molecule has 0 spiro atoms. The number of primary sulfonamides is 1. The molecule has 138 valence electrons. The quantitative estimate of drug-likeness (QED) is 0.611. The minimum Gasteiger partial charge on any atom is -0.478 e. The van der Waals surface area contributed by atoms with Crippen LogP contribution in [-0.4, -0.2) is 19.5 Å². The Labute approximate surface area is 161 Å². The van der Waals surface area contributed by atoms with Crippen molar-refractivity contribution in [3.05, 3.63) is 83.9 Å². The fraction of sp³-hybridized carbons (Fsp3) is 0.0500. The molecule has 0 aliphatic heterocycles. The zero-order valence-electron chi connectivity index (χ0n) is 14.2. The van der Waals surface area contributed by atoms with Crippen LogP contribution in [0.2, 0.25) is 0 Å². The molecule has 3 N–H and O–H groups in total. The highest BCUT2D eigenvalue weighted by Crippen LogP contribution is 2.38. The number of aromatic carboxylic acids is 1. The summed E-state index contributed by atoms with van der Waals surface area (Å²) in [5, 5.41) is 14.8. The maximum absolute atomic E-state index is 12.2. The Morgan fingerprint density at radius 2 is 1.56 bits per heavy atom. The second-order valence-corrected chi connectivity index (χ2v) is 8.39. The molecule has 7 heteroatoms. The molecule has 5 nitrogen and oxygen atoms in total. The minimum absolute atomic E-state index is 0.116. The number of rotatable bonds is 6. The molecule has 3 aromatic rings. The number of benzene rings is 3. The first kappa shape index (κ1) is 19.2. The van der Waals surface area contributed by atoms with E-state index >= 15 is 0 Å². The average molecular weight is 399 g/mol. The van der Waals surface area contributed by atoms with E-state index < -0.39 is 16.0 Å². The number of sulfonamides is 1. The lowest BCUT2D eigenvalue weighted by Crippen LogP contribution is -2.15. The largest absolute Gasteiger partial charge is 0.478 e. The molecule has 0 aliphatic carbocycles. The summed E-state index contributed by atoms with van der Waals surface area (Å²) in [5.41, 5.74) is 2.01. The fourth-order valence-electron chi connectivity index (χ4n) is 2.68. The molecule has 0 saturated carbocycles. The summed E-state index contributed by atoms with van der Waals surface area (Å²) in [6, 6.07) is 21.2. The van der Waals surface area contributed by atoms with Gasteiger partial charge in [0.05, 0.1) is 10.5 Å². The molecular formula is C20H17NO4S2. The number of carboxylic acids is 1. The number of thioether (sulfide) groups is 1. The van der Waals surface area contributed by atoms with Gasteiger partial charge in [0.15, 0.2) is 0 Å². The van der Waals surface area contributed by atoms with Crippen LogP contribution >= 0.6 is 11.8 Å². The highest BCUT2D eigenvalue weighted by molar-refractivity contribution is 7.98. The van der Waals surface area contributed by atoms with Gasteiger partial charge in [-0.1, -0.05) is 60.7 Å². The molecular weight excluding hydrogens is 382 g/mol. The molecule has 0 heterocycles. The number of hydrogen-bond acceptors (Lipinski definition) is 4. The van der Waals surface area contributed by atoms with Gasteiger partial charge in [-0.05, 0) is 23.3 Å². The van der Waals surface area contributed by atoms with Crippen molar-refractivity contribution in [3.8, 4) is 11.1 Å². The van der Waals surface area contributed by atoms with Gasteiger partial charge in [0.25, 0.3) is 0 Å². The van der Waals surface area contributed by atoms with Crippen LogP contribution in [0.1, 0.15) is 15.9 Å². The molecule has 0 atom stereocenters. The molecule has 3 aromatic carbocycles. The molecule has 0 unspecified atom stereocenters. The van der Waals surface area contributed by atoms with Crippen molar-refractivity contribution in [2.45, 2.75) is 15.5 Å². The van der Waals surface area contributed by atoms with Gasteiger partial charge in [-0.25, -0.2) is 18.4 Å². The summed E-state index contributed by atoms with van der Waals surface area (Å²) in [6.45, 7) is 0. The molecule has 3 rings (SSSR count). The first-order valence-electron chi connectivity index (χ1n) is 8.02. The van der Waals surface area contributed by atoms with Gasteiger partial charge in [0.2, 0.25) is 10.0 Å². The Morgan fingerprint density at radius 1 is 0.963 bits per heavy atom. The Bertz CT molecular complexity index is 1070. The van der Waals surface area contributed by atoms with E-state index in [9.17, 15) is 18.3 Å². The summed E-state index contributed by atoms with van der Waals surface area (Å²) < 4.78 is 24.4. The standard InChI is InChI=1S/C20H17NO4S2/c21-27(24,25)18-12-16(20(22)23)11-17(19(18)15-9-5-2-6-10-15)26-13-14-7-3-1-4-8-14/h1-12H,13H2,(H,22,23)(H2,21,24,25). The SMILES string of the molecule is NS(=O)(=O)c1cc(C(=O)O)cc(SCc2ccccc2)c1-c1ccccc1. The minimum atomic E-state index is -4.12. The summed E-state index contributed by atoms with van der Waals surface area (Å²) in [4.78, 5) is 11.9. The number of nitrogens with two attached hydrogens (primary N) is 1. The van der Waals surface area contributed by atoms with Crippen LogP contribution in [0.3, 0.4) is 0 Å². The Kier molecular flexibility index (Phi) is 5.65. The summed E-state index contributed by atoms with van der Waals surface area (Å²) in [6.07, 6.45) is 0. The van der Waals surface area contributed by atoms with Crippen molar-refractivity contribution in [1.29, 1.82) is 0 Å². The highest BCUT2D eigenvalue weighted by atomic mass is 32.2. The van der Waals surface area contributed by atoms with E-state index in [1.54, 1.807) is 24.3 Å². The monoisotopic (exact) mass is 399 g/mol. The first-order chi connectivity index (χ1) is 12.9. The van der Waals surface area contributed by atoms with Crippen LogP contribution in [0, 0.1) is 0 Å². The Morgan fingerprint density at radius 3 is 2.11 bits per heavy atom. The van der Waals surface area contributed by atoms with Gasteiger partial charge >= 0.3 is 5.97 Å². The molecule has 0 aliphatic rings. The predicted octanol–water partition coefficient (Wildman–Crippen LogP) is 3.99. The lowest BCUT2D eigenvalue weighted by Gasteiger charge is -2.15. The zero-order valence-corrected chi connectivity index (χ0v) is 15.8. The predicted molar refractivity (Wildman–Crippen MR) is 106 cm³/mol. The Balaban J connectivity index is 2.19. The molecule has 0 amide bonds. The highest BCUT2D eigenvalue weighted by Gasteiger charge is 2.22. The van der Waals surface area contributed by atoms with E-state index in [4.69, 9.17) is 5.14 Å². The van der Waals surface area contributed by atoms with Crippen LogP contribution in [-0.2, 0) is 15.8 Å². The lowest BCUT2D eigenvalue weighted by molar-refractivity contribution is 0.0696. The van der Waals surface area contributed by atoms with E-state index in [2.05, 4.69) is 0 Å². The molecule has 0 radical (unpaired) electrons. The van der Waals surface area contributed by atoms with Gasteiger partial charge in [-0.2, -0.15) is 0 Å². The molecule has 0 bridgehead atoms. The second kappa shape index (κ2) is 7.96. The maximum Gasteiger partial charge on any atom is 0.335 e. The van der Waals surface area contributed by atoms with Gasteiger partial charge in [0, 0.05) is 16.2 Å². The number of carbonyl (C=O) groups is 1. The summed E-state index contributed by atoms with van der Waals surface area (Å²) in [7, 11) is -4.12. The smallest absolute Gasteiger partial charge is 0.335 e. The topological polar surface area (TPSA) is 97.5 Å². The zero-order chi connectivity index (χ0) is 19.4. The third kappa shape index (κ3) is 4.57. The molecule has 27 heavy (non-hydrogen) atoms. The average Bonchev–Trinajstić information content (AvgIpc) is 2.66. The van der Waals surface area contributed by atoms with Crippen molar-refractivity contribution in [2.75, 3.05) is 0 Å². The van der Waals surface area contributed by atoms with Crippen LogP contribution in [0.5, 0.6) is 0 Å². The van der Waals surface area contributed by atoms with E-state index in [0.717, 1.165) is 11.6 Å². The van der Waals surface area contributed by atoms with Crippen LogP contribution in [0.4, 0.5) is 0 Å². The summed E-state index contributed by atoms with van der Waals surface area (Å²) >= 11 is 1.37. The maximum atomic E-state index is 12.2. The third-order valence-electron chi connectivity index (χ3n) is 3.92. The fourth-order valence-corrected chi connectivity index (χ4v) is 4.64. The van der Waals surface area contributed by atoms with Gasteiger partial charge in [0.1, 0.15) is 0 Å².